The van der Waals surface area contributed by atoms with E-state index in [-0.39, 0.29) is 41.2 Å². The summed E-state index contributed by atoms with van der Waals surface area (Å²) in [4.78, 5) is 25.9. The smallest absolute Gasteiger partial charge is 0.302 e. The standard InChI is InChI=1S/C37H60N2O5Si3/c1-28(40)43-34-27-32-29(26-35(34)44-46(8,9)10)25-33(39(32)45(5,6)7)36(41)38-23-17-18-24-42-47(37(2,3)4,30-19-13-11-14-20-30)31-21-15-12-16-22-31/h11-16,19-22,29,32-35H,17-18,23-27H2,1-10H3,(H,38,41)/t29-,32+,33+,34+,35-/m1/s1. The van der Waals surface area contributed by atoms with Crippen LogP contribution >= 0.6 is 0 Å². The average molecular weight is 697 g/mol. The van der Waals surface area contributed by atoms with Crippen molar-refractivity contribution in [3.8, 4) is 0 Å². The Hall–Kier alpha value is -2.09. The molecule has 2 aliphatic rings. The van der Waals surface area contributed by atoms with Gasteiger partial charge in [0.05, 0.1) is 12.1 Å². The van der Waals surface area contributed by atoms with Gasteiger partial charge in [-0.15, -0.1) is 0 Å². The van der Waals surface area contributed by atoms with Gasteiger partial charge >= 0.3 is 5.97 Å². The fourth-order valence-electron chi connectivity index (χ4n) is 8.07. The van der Waals surface area contributed by atoms with Crippen molar-refractivity contribution in [2.75, 3.05) is 13.2 Å². The Balaban J connectivity index is 1.40. The highest BCUT2D eigenvalue weighted by Gasteiger charge is 2.54. The molecule has 4 rings (SSSR count). The second kappa shape index (κ2) is 15.2. The van der Waals surface area contributed by atoms with E-state index < -0.39 is 24.9 Å². The number of ether oxygens (including phenoxy) is 1. The Morgan fingerprint density at radius 2 is 1.40 bits per heavy atom. The predicted octanol–water partition coefficient (Wildman–Crippen LogP) is 6.30. The van der Waals surface area contributed by atoms with Crippen LogP contribution in [0.25, 0.3) is 0 Å². The van der Waals surface area contributed by atoms with Crippen molar-refractivity contribution in [1.29, 1.82) is 0 Å². The molecular weight excluding hydrogens is 637 g/mol. The van der Waals surface area contributed by atoms with Gasteiger partial charge in [-0.25, -0.2) is 0 Å². The van der Waals surface area contributed by atoms with Crippen LogP contribution in [-0.4, -0.2) is 78.8 Å². The molecule has 1 saturated heterocycles. The Kier molecular flexibility index (Phi) is 12.2. The van der Waals surface area contributed by atoms with Gasteiger partial charge in [-0.1, -0.05) is 101 Å². The Morgan fingerprint density at radius 3 is 1.89 bits per heavy atom. The van der Waals surface area contributed by atoms with E-state index in [1.165, 1.54) is 17.3 Å². The molecule has 1 aliphatic heterocycles. The third-order valence-corrected chi connectivity index (χ3v) is 17.9. The highest BCUT2D eigenvalue weighted by atomic mass is 28.4. The zero-order valence-electron chi connectivity index (χ0n) is 30.6. The van der Waals surface area contributed by atoms with E-state index in [0.717, 1.165) is 32.1 Å². The quantitative estimate of drug-likeness (QED) is 0.151. The number of nitrogens with one attached hydrogen (secondary N) is 1. The molecule has 0 unspecified atom stereocenters. The summed E-state index contributed by atoms with van der Waals surface area (Å²) in [6, 6.07) is 21.6. The molecular formula is C37H60N2O5Si3. The van der Waals surface area contributed by atoms with Gasteiger partial charge in [0.2, 0.25) is 5.91 Å². The maximum absolute atomic E-state index is 13.8. The third-order valence-electron chi connectivity index (χ3n) is 9.69. The first kappa shape index (κ1) is 37.7. The number of fused-ring (bicyclic) bond motifs is 1. The summed E-state index contributed by atoms with van der Waals surface area (Å²) in [6.07, 6.45) is 3.75. The molecule has 0 spiro atoms. The molecule has 1 saturated carbocycles. The molecule has 47 heavy (non-hydrogen) atoms. The van der Waals surface area contributed by atoms with Crippen LogP contribution < -0.4 is 15.7 Å². The van der Waals surface area contributed by atoms with E-state index in [2.05, 4.69) is 131 Å². The number of nitrogens with zero attached hydrogens (tertiary/aromatic N) is 1. The number of hydrogen-bond acceptors (Lipinski definition) is 6. The van der Waals surface area contributed by atoms with Crippen LogP contribution in [0.4, 0.5) is 0 Å². The summed E-state index contributed by atoms with van der Waals surface area (Å²) in [5, 5.41) is 5.82. The fourth-order valence-corrected chi connectivity index (χ4v) is 16.3. The minimum atomic E-state index is -2.57. The topological polar surface area (TPSA) is 77.1 Å². The summed E-state index contributed by atoms with van der Waals surface area (Å²) >= 11 is 0. The highest BCUT2D eigenvalue weighted by Crippen LogP contribution is 2.44. The molecule has 0 radical (unpaired) electrons. The second-order valence-electron chi connectivity index (χ2n) is 16.6. The van der Waals surface area contributed by atoms with E-state index in [1.54, 1.807) is 0 Å². The third kappa shape index (κ3) is 9.13. The summed E-state index contributed by atoms with van der Waals surface area (Å²) in [6.45, 7) is 23.2. The molecule has 5 atom stereocenters. The van der Waals surface area contributed by atoms with Crippen LogP contribution in [0.1, 0.15) is 59.8 Å². The van der Waals surface area contributed by atoms with Crippen molar-refractivity contribution in [3.63, 3.8) is 0 Å². The molecule has 1 heterocycles. The first-order valence-electron chi connectivity index (χ1n) is 17.6. The molecule has 260 valence electrons. The first-order chi connectivity index (χ1) is 21.9. The van der Waals surface area contributed by atoms with Gasteiger partial charge in [-0.2, -0.15) is 0 Å². The molecule has 2 aromatic rings. The van der Waals surface area contributed by atoms with Crippen molar-refractivity contribution in [2.45, 2.75) is 128 Å². The van der Waals surface area contributed by atoms with Crippen molar-refractivity contribution in [2.24, 2.45) is 5.92 Å². The van der Waals surface area contributed by atoms with Crippen molar-refractivity contribution in [1.82, 2.24) is 9.88 Å². The van der Waals surface area contributed by atoms with Crippen molar-refractivity contribution < 1.29 is 23.2 Å². The van der Waals surface area contributed by atoms with E-state index in [9.17, 15) is 9.59 Å². The summed E-state index contributed by atoms with van der Waals surface area (Å²) in [5.41, 5.74) is 0. The zero-order valence-corrected chi connectivity index (χ0v) is 33.6. The van der Waals surface area contributed by atoms with E-state index in [1.807, 2.05) is 0 Å². The molecule has 2 aromatic carbocycles. The van der Waals surface area contributed by atoms with Gasteiger partial charge in [0, 0.05) is 32.5 Å². The molecule has 1 aliphatic carbocycles. The number of carbonyl (C=O) groups is 2. The van der Waals surface area contributed by atoms with E-state index in [0.29, 0.717) is 19.1 Å². The molecule has 0 aromatic heterocycles. The monoisotopic (exact) mass is 696 g/mol. The number of hydrogen-bond donors (Lipinski definition) is 1. The summed E-state index contributed by atoms with van der Waals surface area (Å²) in [7, 11) is -6.29. The molecule has 10 heteroatoms. The lowest BCUT2D eigenvalue weighted by atomic mass is 9.81. The Labute approximate surface area is 287 Å². The van der Waals surface area contributed by atoms with Crippen LogP contribution in [0, 0.1) is 5.92 Å². The SMILES string of the molecule is CC(=O)O[C@H]1C[C@H]2[C@@H](C[C@H]1O[Si](C)(C)C)C[C@@H](C(=O)NCCCCO[Si](c1ccccc1)(c1ccccc1)C(C)(C)C)N2[Si](C)(C)C. The number of rotatable bonds is 13. The maximum atomic E-state index is 13.8. The van der Waals surface area contributed by atoms with E-state index in [4.69, 9.17) is 13.6 Å². The lowest BCUT2D eigenvalue weighted by Crippen LogP contribution is -2.66. The van der Waals surface area contributed by atoms with Crippen LogP contribution in [0.2, 0.25) is 44.3 Å². The number of carbonyl (C=O) groups excluding carboxylic acids is 2. The normalized spacial score (nSPS) is 24.1. The molecule has 2 fully saturated rings. The highest BCUT2D eigenvalue weighted by molar-refractivity contribution is 6.99. The predicted molar refractivity (Wildman–Crippen MR) is 200 cm³/mol. The Morgan fingerprint density at radius 1 is 0.830 bits per heavy atom. The molecule has 7 nitrogen and oxygen atoms in total. The van der Waals surface area contributed by atoms with Gasteiger partial charge in [-0.05, 0) is 66.7 Å². The van der Waals surface area contributed by atoms with Crippen LogP contribution in [0.15, 0.2) is 60.7 Å². The van der Waals surface area contributed by atoms with Crippen LogP contribution in [-0.2, 0) is 23.2 Å². The summed E-state index contributed by atoms with van der Waals surface area (Å²) < 4.78 is 22.0. The van der Waals surface area contributed by atoms with Gasteiger partial charge in [-0.3, -0.25) is 9.59 Å². The average Bonchev–Trinajstić information content (AvgIpc) is 3.35. The minimum Gasteiger partial charge on any atom is -0.460 e. The van der Waals surface area contributed by atoms with Gasteiger partial charge in [0.1, 0.15) is 14.3 Å². The first-order valence-corrected chi connectivity index (χ1v) is 26.4. The maximum Gasteiger partial charge on any atom is 0.302 e. The fraction of sp³-hybridized carbons (Fsp3) is 0.622. The van der Waals surface area contributed by atoms with Gasteiger partial charge in [0.25, 0.3) is 8.32 Å². The van der Waals surface area contributed by atoms with Gasteiger partial charge < -0.3 is 23.5 Å². The lowest BCUT2D eigenvalue weighted by molar-refractivity contribution is -0.156. The number of amides is 1. The summed E-state index contributed by atoms with van der Waals surface area (Å²) in [5.74, 6) is 0.218. The lowest BCUT2D eigenvalue weighted by Gasteiger charge is -2.46. The van der Waals surface area contributed by atoms with Crippen molar-refractivity contribution >= 4 is 47.1 Å². The zero-order chi connectivity index (χ0) is 34.6. The minimum absolute atomic E-state index is 0.0585. The van der Waals surface area contributed by atoms with Gasteiger partial charge in [0.15, 0.2) is 8.32 Å². The largest absolute Gasteiger partial charge is 0.460 e. The molecule has 1 N–H and O–H groups in total. The second-order valence-corrected chi connectivity index (χ2v) is 30.2. The molecule has 1 amide bonds. The van der Waals surface area contributed by atoms with Crippen LogP contribution in [0.3, 0.4) is 0 Å². The Bertz CT molecular complexity index is 1280. The number of esters is 1. The molecule has 0 bridgehead atoms. The number of unbranched alkanes of at least 4 members (excludes halogenated alkanes) is 1. The number of benzene rings is 2. The van der Waals surface area contributed by atoms with Crippen molar-refractivity contribution in [3.05, 3.63) is 60.7 Å². The van der Waals surface area contributed by atoms with E-state index >= 15 is 0 Å². The van der Waals surface area contributed by atoms with Crippen LogP contribution in [0.5, 0.6) is 0 Å².